The van der Waals surface area contributed by atoms with Crippen LogP contribution in [0.25, 0.3) is 0 Å². The molecule has 1 N–H and O–H groups in total. The van der Waals surface area contributed by atoms with E-state index in [1.54, 1.807) is 0 Å². The Hall–Kier alpha value is -0.160. The van der Waals surface area contributed by atoms with Gasteiger partial charge in [-0.05, 0) is 5.92 Å². The highest BCUT2D eigenvalue weighted by Crippen LogP contribution is 1.94. The summed E-state index contributed by atoms with van der Waals surface area (Å²) >= 11 is 0. The molecule has 0 atom stereocenters. The molecule has 0 saturated carbocycles. The second-order valence-corrected chi connectivity index (χ2v) is 4.67. The van der Waals surface area contributed by atoms with E-state index >= 15 is 0 Å². The van der Waals surface area contributed by atoms with Crippen molar-refractivity contribution in [3.63, 3.8) is 0 Å². The Morgan fingerprint density at radius 2 is 2.00 bits per heavy atom. The largest absolute Gasteiger partial charge is 0.380 e. The number of ether oxygens (including phenoxy) is 2. The van der Waals surface area contributed by atoms with Crippen molar-refractivity contribution in [3.05, 3.63) is 0 Å². The van der Waals surface area contributed by atoms with Crippen molar-refractivity contribution in [2.24, 2.45) is 5.92 Å². The summed E-state index contributed by atoms with van der Waals surface area (Å²) in [5, 5.41) is 3.40. The van der Waals surface area contributed by atoms with Crippen LogP contribution in [0.2, 0.25) is 0 Å². The van der Waals surface area contributed by atoms with Crippen molar-refractivity contribution in [3.8, 4) is 0 Å². The highest BCUT2D eigenvalue weighted by atomic mass is 16.5. The number of rotatable bonds is 8. The number of hydrogen-bond donors (Lipinski definition) is 1. The summed E-state index contributed by atoms with van der Waals surface area (Å²) in [5.41, 5.74) is 0. The summed E-state index contributed by atoms with van der Waals surface area (Å²) in [6.45, 7) is 13.1. The molecule has 1 aliphatic heterocycles. The smallest absolute Gasteiger partial charge is 0.0594 e. The lowest BCUT2D eigenvalue weighted by Gasteiger charge is -2.26. The van der Waals surface area contributed by atoms with Crippen LogP contribution in [-0.4, -0.2) is 64.1 Å². The van der Waals surface area contributed by atoms with E-state index in [-0.39, 0.29) is 0 Å². The molecule has 0 aliphatic carbocycles. The maximum absolute atomic E-state index is 5.49. The number of hydrogen-bond acceptors (Lipinski definition) is 4. The van der Waals surface area contributed by atoms with Crippen LogP contribution in [0, 0.1) is 5.92 Å². The van der Waals surface area contributed by atoms with Crippen molar-refractivity contribution in [2.75, 3.05) is 59.2 Å². The molecular weight excluding hydrogens is 204 g/mol. The van der Waals surface area contributed by atoms with E-state index in [0.717, 1.165) is 59.2 Å². The van der Waals surface area contributed by atoms with Gasteiger partial charge in [0.25, 0.3) is 0 Å². The highest BCUT2D eigenvalue weighted by Gasteiger charge is 2.08. The number of nitrogens with one attached hydrogen (secondary N) is 1. The van der Waals surface area contributed by atoms with Crippen LogP contribution >= 0.6 is 0 Å². The van der Waals surface area contributed by atoms with E-state index < -0.39 is 0 Å². The minimum atomic E-state index is 0.633. The first-order chi connectivity index (χ1) is 7.79. The van der Waals surface area contributed by atoms with Gasteiger partial charge >= 0.3 is 0 Å². The molecule has 1 rings (SSSR count). The minimum absolute atomic E-state index is 0.633. The normalized spacial score (nSPS) is 18.2. The van der Waals surface area contributed by atoms with Gasteiger partial charge in [-0.25, -0.2) is 0 Å². The monoisotopic (exact) mass is 230 g/mol. The Morgan fingerprint density at radius 3 is 2.69 bits per heavy atom. The Kier molecular flexibility index (Phi) is 7.76. The average molecular weight is 230 g/mol. The third kappa shape index (κ3) is 7.17. The van der Waals surface area contributed by atoms with Gasteiger partial charge in [-0.2, -0.15) is 0 Å². The third-order valence-corrected chi connectivity index (χ3v) is 2.58. The van der Waals surface area contributed by atoms with Crippen molar-refractivity contribution in [2.45, 2.75) is 13.8 Å². The van der Waals surface area contributed by atoms with Crippen LogP contribution in [0.3, 0.4) is 0 Å². The first kappa shape index (κ1) is 13.9. The topological polar surface area (TPSA) is 33.7 Å². The van der Waals surface area contributed by atoms with Crippen molar-refractivity contribution in [1.29, 1.82) is 0 Å². The minimum Gasteiger partial charge on any atom is -0.380 e. The van der Waals surface area contributed by atoms with E-state index in [1.807, 2.05) is 0 Å². The van der Waals surface area contributed by atoms with Gasteiger partial charge in [-0.1, -0.05) is 13.8 Å². The van der Waals surface area contributed by atoms with Crippen LogP contribution in [0.1, 0.15) is 13.8 Å². The van der Waals surface area contributed by atoms with Gasteiger partial charge in [0.2, 0.25) is 0 Å². The maximum Gasteiger partial charge on any atom is 0.0594 e. The molecule has 0 unspecified atom stereocenters. The van der Waals surface area contributed by atoms with Gasteiger partial charge in [0.1, 0.15) is 0 Å². The van der Waals surface area contributed by atoms with Gasteiger partial charge in [-0.3, -0.25) is 4.90 Å². The van der Waals surface area contributed by atoms with E-state index in [0.29, 0.717) is 5.92 Å². The van der Waals surface area contributed by atoms with Crippen molar-refractivity contribution in [1.82, 2.24) is 10.2 Å². The molecule has 4 nitrogen and oxygen atoms in total. The Morgan fingerprint density at radius 1 is 1.25 bits per heavy atom. The first-order valence-electron chi connectivity index (χ1n) is 6.37. The molecule has 0 aromatic rings. The van der Waals surface area contributed by atoms with Gasteiger partial charge in [0.15, 0.2) is 0 Å². The van der Waals surface area contributed by atoms with Crippen molar-refractivity contribution >= 4 is 0 Å². The Bertz CT molecular complexity index is 159. The molecule has 96 valence electrons. The summed E-state index contributed by atoms with van der Waals surface area (Å²) < 4.78 is 10.8. The molecule has 1 heterocycles. The van der Waals surface area contributed by atoms with Gasteiger partial charge in [0.05, 0.1) is 19.8 Å². The summed E-state index contributed by atoms with van der Waals surface area (Å²) in [4.78, 5) is 2.44. The maximum atomic E-state index is 5.49. The molecule has 0 bridgehead atoms. The summed E-state index contributed by atoms with van der Waals surface area (Å²) in [7, 11) is 0. The van der Waals surface area contributed by atoms with Crippen LogP contribution in [0.5, 0.6) is 0 Å². The van der Waals surface area contributed by atoms with Crippen LogP contribution in [0.4, 0.5) is 0 Å². The lowest BCUT2D eigenvalue weighted by atomic mass is 10.2. The van der Waals surface area contributed by atoms with E-state index in [4.69, 9.17) is 9.47 Å². The SMILES string of the molecule is CC(C)COCCNCCN1CCOCC1. The molecule has 0 aromatic carbocycles. The fourth-order valence-corrected chi connectivity index (χ4v) is 1.65. The quantitative estimate of drug-likeness (QED) is 0.619. The average Bonchev–Trinajstić information content (AvgIpc) is 2.29. The highest BCUT2D eigenvalue weighted by molar-refractivity contribution is 4.62. The molecule has 1 fully saturated rings. The molecule has 4 heteroatoms. The Labute approximate surface area is 99.3 Å². The van der Waals surface area contributed by atoms with Gasteiger partial charge < -0.3 is 14.8 Å². The van der Waals surface area contributed by atoms with E-state index in [9.17, 15) is 0 Å². The zero-order valence-corrected chi connectivity index (χ0v) is 10.7. The lowest BCUT2D eigenvalue weighted by molar-refractivity contribution is 0.0380. The van der Waals surface area contributed by atoms with Crippen LogP contribution in [-0.2, 0) is 9.47 Å². The fourth-order valence-electron chi connectivity index (χ4n) is 1.65. The molecule has 0 spiro atoms. The van der Waals surface area contributed by atoms with Crippen LogP contribution in [0.15, 0.2) is 0 Å². The standard InChI is InChI=1S/C12H26N2O2/c1-12(2)11-16-8-4-13-3-5-14-6-9-15-10-7-14/h12-13H,3-11H2,1-2H3. The second-order valence-electron chi connectivity index (χ2n) is 4.67. The predicted octanol–water partition coefficient (Wildman–Crippen LogP) is 0.581. The molecule has 0 radical (unpaired) electrons. The predicted molar refractivity (Wildman–Crippen MR) is 65.8 cm³/mol. The van der Waals surface area contributed by atoms with E-state index in [1.165, 1.54) is 0 Å². The van der Waals surface area contributed by atoms with Crippen molar-refractivity contribution < 1.29 is 9.47 Å². The summed E-state index contributed by atoms with van der Waals surface area (Å²) in [5.74, 6) is 0.633. The third-order valence-electron chi connectivity index (χ3n) is 2.58. The Balaban J connectivity index is 1.80. The van der Waals surface area contributed by atoms with Gasteiger partial charge in [-0.15, -0.1) is 0 Å². The molecule has 16 heavy (non-hydrogen) atoms. The summed E-state index contributed by atoms with van der Waals surface area (Å²) in [6.07, 6.45) is 0. The first-order valence-corrected chi connectivity index (χ1v) is 6.37. The molecular formula is C12H26N2O2. The zero-order valence-electron chi connectivity index (χ0n) is 10.7. The molecule has 0 amide bonds. The zero-order chi connectivity index (χ0) is 11.6. The second kappa shape index (κ2) is 8.93. The summed E-state index contributed by atoms with van der Waals surface area (Å²) in [6, 6.07) is 0. The molecule has 0 aromatic heterocycles. The molecule has 1 aliphatic rings. The lowest BCUT2D eigenvalue weighted by Crippen LogP contribution is -2.40. The number of morpholine rings is 1. The van der Waals surface area contributed by atoms with Gasteiger partial charge in [0, 0.05) is 39.3 Å². The molecule has 1 saturated heterocycles. The van der Waals surface area contributed by atoms with Crippen LogP contribution < -0.4 is 5.32 Å². The fraction of sp³-hybridized carbons (Fsp3) is 1.00. The number of nitrogens with zero attached hydrogens (tertiary/aromatic N) is 1. The van der Waals surface area contributed by atoms with E-state index in [2.05, 4.69) is 24.1 Å².